The first-order chi connectivity index (χ1) is 9.45. The summed E-state index contributed by atoms with van der Waals surface area (Å²) in [6.07, 6.45) is 2.36. The van der Waals surface area contributed by atoms with E-state index in [1.807, 2.05) is 0 Å². The molecule has 1 nitrogen and oxygen atoms in total. The van der Waals surface area contributed by atoms with E-state index in [2.05, 4.69) is 53.8 Å². The molecule has 4 rings (SSSR count). The molecular weight excluding hydrogens is 230 g/mol. The summed E-state index contributed by atoms with van der Waals surface area (Å²) in [6.45, 7) is 2.23. The molecule has 1 fully saturated rings. The molecular formula is C18H17N. The van der Waals surface area contributed by atoms with Crippen LogP contribution in [-0.4, -0.2) is 13.1 Å². The summed E-state index contributed by atoms with van der Waals surface area (Å²) in [5, 5.41) is 3.45. The number of benzene rings is 2. The van der Waals surface area contributed by atoms with E-state index in [1.54, 1.807) is 5.57 Å². The van der Waals surface area contributed by atoms with Crippen molar-refractivity contribution in [2.24, 2.45) is 0 Å². The Balaban J connectivity index is 2.01. The predicted octanol–water partition coefficient (Wildman–Crippen LogP) is 3.85. The maximum absolute atomic E-state index is 3.45. The maximum Gasteiger partial charge on any atom is -0.00111 e. The molecule has 2 aliphatic rings. The van der Waals surface area contributed by atoms with E-state index in [-0.39, 0.29) is 0 Å². The van der Waals surface area contributed by atoms with E-state index in [0.29, 0.717) is 0 Å². The Bertz CT molecular complexity index is 611. The summed E-state index contributed by atoms with van der Waals surface area (Å²) in [4.78, 5) is 0. The Hall–Kier alpha value is -1.86. The summed E-state index contributed by atoms with van der Waals surface area (Å²) in [6, 6.07) is 17.7. The third kappa shape index (κ3) is 1.66. The summed E-state index contributed by atoms with van der Waals surface area (Å²) in [5.74, 6) is 0. The first-order valence-electron chi connectivity index (χ1n) is 7.07. The van der Waals surface area contributed by atoms with E-state index in [9.17, 15) is 0 Å². The zero-order valence-electron chi connectivity index (χ0n) is 10.9. The minimum atomic E-state index is 1.11. The van der Waals surface area contributed by atoms with Gasteiger partial charge in [0.25, 0.3) is 0 Å². The van der Waals surface area contributed by atoms with Gasteiger partial charge in [-0.1, -0.05) is 54.1 Å². The molecule has 0 radical (unpaired) electrons. The minimum Gasteiger partial charge on any atom is -0.316 e. The lowest BCUT2D eigenvalue weighted by Crippen LogP contribution is -2.23. The normalized spacial score (nSPS) is 17.3. The highest BCUT2D eigenvalue weighted by atomic mass is 14.9. The molecule has 1 saturated heterocycles. The Morgan fingerprint density at radius 1 is 0.632 bits per heavy atom. The van der Waals surface area contributed by atoms with Crippen molar-refractivity contribution in [2.75, 3.05) is 13.1 Å². The Morgan fingerprint density at radius 2 is 1.11 bits per heavy atom. The monoisotopic (exact) mass is 247 g/mol. The van der Waals surface area contributed by atoms with Gasteiger partial charge < -0.3 is 5.32 Å². The quantitative estimate of drug-likeness (QED) is 0.636. The first kappa shape index (κ1) is 11.0. The summed E-state index contributed by atoms with van der Waals surface area (Å²) >= 11 is 0. The van der Waals surface area contributed by atoms with Crippen LogP contribution in [0.15, 0.2) is 54.1 Å². The Morgan fingerprint density at radius 3 is 1.63 bits per heavy atom. The number of rotatable bonds is 0. The highest BCUT2D eigenvalue weighted by molar-refractivity contribution is 6.02. The summed E-state index contributed by atoms with van der Waals surface area (Å²) in [7, 11) is 0. The second-order valence-electron chi connectivity index (χ2n) is 5.32. The fraction of sp³-hybridized carbons (Fsp3) is 0.222. The van der Waals surface area contributed by atoms with Gasteiger partial charge in [-0.25, -0.2) is 0 Å². The third-order valence-electron chi connectivity index (χ3n) is 4.24. The van der Waals surface area contributed by atoms with Crippen LogP contribution in [0.5, 0.6) is 0 Å². The topological polar surface area (TPSA) is 12.0 Å². The van der Waals surface area contributed by atoms with Gasteiger partial charge in [-0.15, -0.1) is 0 Å². The van der Waals surface area contributed by atoms with Crippen LogP contribution in [0, 0.1) is 0 Å². The van der Waals surface area contributed by atoms with Crippen molar-refractivity contribution in [2.45, 2.75) is 12.8 Å². The molecule has 1 aliphatic heterocycles. The average Bonchev–Trinajstić information content (AvgIpc) is 2.83. The zero-order valence-corrected chi connectivity index (χ0v) is 10.9. The van der Waals surface area contributed by atoms with Crippen LogP contribution in [-0.2, 0) is 0 Å². The predicted molar refractivity (Wildman–Crippen MR) is 80.0 cm³/mol. The van der Waals surface area contributed by atoms with Gasteiger partial charge in [-0.2, -0.15) is 0 Å². The smallest absolute Gasteiger partial charge is 0.00111 e. The van der Waals surface area contributed by atoms with Crippen LogP contribution >= 0.6 is 0 Å². The van der Waals surface area contributed by atoms with Crippen LogP contribution in [0.3, 0.4) is 0 Å². The zero-order chi connectivity index (χ0) is 12.7. The average molecular weight is 247 g/mol. The number of piperidine rings is 1. The lowest BCUT2D eigenvalue weighted by atomic mass is 9.92. The van der Waals surface area contributed by atoms with Gasteiger partial charge in [0.2, 0.25) is 0 Å². The standard InChI is InChI=1S/C18H17N/c1-3-7-16-14(5-1)15-6-2-4-8-17(15)18(16)13-9-11-19-12-10-13/h1-8,19H,9-12H2. The van der Waals surface area contributed by atoms with E-state index in [1.165, 1.54) is 40.7 Å². The molecule has 1 heterocycles. The van der Waals surface area contributed by atoms with Gasteiger partial charge >= 0.3 is 0 Å². The fourth-order valence-corrected chi connectivity index (χ4v) is 3.38. The number of nitrogens with one attached hydrogen (secondary N) is 1. The van der Waals surface area contributed by atoms with Gasteiger partial charge in [-0.3, -0.25) is 0 Å². The number of hydrogen-bond acceptors (Lipinski definition) is 1. The molecule has 0 saturated carbocycles. The van der Waals surface area contributed by atoms with Crippen LogP contribution in [0.25, 0.3) is 16.7 Å². The molecule has 0 spiro atoms. The van der Waals surface area contributed by atoms with Crippen molar-refractivity contribution in [3.63, 3.8) is 0 Å². The molecule has 2 aromatic rings. The molecule has 0 unspecified atom stereocenters. The lowest BCUT2D eigenvalue weighted by molar-refractivity contribution is 0.612. The van der Waals surface area contributed by atoms with Crippen LogP contribution in [0.1, 0.15) is 24.0 Å². The maximum atomic E-state index is 3.45. The van der Waals surface area contributed by atoms with E-state index >= 15 is 0 Å². The van der Waals surface area contributed by atoms with Crippen LogP contribution < -0.4 is 5.32 Å². The lowest BCUT2D eigenvalue weighted by Gasteiger charge is -2.19. The SMILES string of the molecule is c1ccc2c(c1)C(=C1CCNCC1)c1ccccc1-2. The van der Waals surface area contributed by atoms with Crippen molar-refractivity contribution < 1.29 is 0 Å². The highest BCUT2D eigenvalue weighted by Gasteiger charge is 2.25. The van der Waals surface area contributed by atoms with E-state index in [4.69, 9.17) is 0 Å². The molecule has 0 atom stereocenters. The molecule has 19 heavy (non-hydrogen) atoms. The number of fused-ring (bicyclic) bond motifs is 3. The number of hydrogen-bond donors (Lipinski definition) is 1. The molecule has 1 N–H and O–H groups in total. The van der Waals surface area contributed by atoms with Gasteiger partial charge in [0.05, 0.1) is 0 Å². The first-order valence-corrected chi connectivity index (χ1v) is 7.07. The van der Waals surface area contributed by atoms with Crippen molar-refractivity contribution in [3.05, 3.63) is 65.2 Å². The van der Waals surface area contributed by atoms with E-state index in [0.717, 1.165) is 13.1 Å². The van der Waals surface area contributed by atoms with Crippen LogP contribution in [0.4, 0.5) is 0 Å². The Kier molecular flexibility index (Phi) is 2.52. The van der Waals surface area contributed by atoms with Gasteiger partial charge in [0.1, 0.15) is 0 Å². The van der Waals surface area contributed by atoms with Gasteiger partial charge in [-0.05, 0) is 53.8 Å². The van der Waals surface area contributed by atoms with Crippen molar-refractivity contribution in [1.29, 1.82) is 0 Å². The molecule has 1 aliphatic carbocycles. The van der Waals surface area contributed by atoms with Crippen LogP contribution in [0.2, 0.25) is 0 Å². The Labute approximate surface area is 114 Å². The highest BCUT2D eigenvalue weighted by Crippen LogP contribution is 2.46. The van der Waals surface area contributed by atoms with Crippen molar-refractivity contribution in [3.8, 4) is 11.1 Å². The van der Waals surface area contributed by atoms with Crippen molar-refractivity contribution >= 4 is 5.57 Å². The van der Waals surface area contributed by atoms with Gasteiger partial charge in [0.15, 0.2) is 0 Å². The second-order valence-corrected chi connectivity index (χ2v) is 5.32. The largest absolute Gasteiger partial charge is 0.316 e. The van der Waals surface area contributed by atoms with E-state index < -0.39 is 0 Å². The summed E-state index contributed by atoms with van der Waals surface area (Å²) < 4.78 is 0. The summed E-state index contributed by atoms with van der Waals surface area (Å²) in [5.41, 5.74) is 8.79. The fourth-order valence-electron chi connectivity index (χ4n) is 3.38. The molecule has 0 aromatic heterocycles. The molecule has 0 bridgehead atoms. The molecule has 1 heteroatoms. The molecule has 2 aromatic carbocycles. The molecule has 0 amide bonds. The van der Waals surface area contributed by atoms with Gasteiger partial charge in [0, 0.05) is 0 Å². The second kappa shape index (κ2) is 4.36. The third-order valence-corrected chi connectivity index (χ3v) is 4.24. The molecule has 94 valence electrons. The van der Waals surface area contributed by atoms with Crippen molar-refractivity contribution in [1.82, 2.24) is 5.32 Å². The minimum absolute atomic E-state index is 1.11.